The number of benzene rings is 1. The average molecular weight is 407 g/mol. The van der Waals surface area contributed by atoms with Crippen molar-refractivity contribution in [1.29, 1.82) is 0 Å². The van der Waals surface area contributed by atoms with Crippen molar-refractivity contribution in [2.45, 2.75) is 17.7 Å². The number of aryl methyl sites for hydroxylation is 1. The van der Waals surface area contributed by atoms with Crippen molar-refractivity contribution in [3.05, 3.63) is 36.2 Å². The van der Waals surface area contributed by atoms with Crippen LogP contribution in [0.4, 0.5) is 5.69 Å². The van der Waals surface area contributed by atoms with E-state index in [9.17, 15) is 13.2 Å². The molecule has 9 heteroatoms. The fourth-order valence-corrected chi connectivity index (χ4v) is 4.88. The summed E-state index contributed by atoms with van der Waals surface area (Å²) in [6, 6.07) is 6.59. The Morgan fingerprint density at radius 3 is 2.32 bits per heavy atom. The zero-order valence-electron chi connectivity index (χ0n) is 16.5. The van der Waals surface area contributed by atoms with Gasteiger partial charge < -0.3 is 18.9 Å². The van der Waals surface area contributed by atoms with E-state index in [0.717, 1.165) is 12.8 Å². The highest BCUT2D eigenvalue weighted by Crippen LogP contribution is 2.32. The van der Waals surface area contributed by atoms with Gasteiger partial charge in [0.25, 0.3) is 5.91 Å². The number of carbonyl (C=O) groups excluding carboxylic acids is 1. The van der Waals surface area contributed by atoms with Crippen LogP contribution < -0.4 is 14.4 Å². The quantitative estimate of drug-likeness (QED) is 0.733. The van der Waals surface area contributed by atoms with Crippen LogP contribution in [-0.2, 0) is 17.1 Å². The molecule has 0 bridgehead atoms. The third kappa shape index (κ3) is 3.59. The lowest BCUT2D eigenvalue weighted by molar-refractivity contribution is 0.0985. The normalized spacial score (nSPS) is 14.9. The van der Waals surface area contributed by atoms with E-state index in [1.54, 1.807) is 44.0 Å². The zero-order chi connectivity index (χ0) is 20.5. The molecule has 2 heterocycles. The molecule has 8 nitrogen and oxygen atoms in total. The van der Waals surface area contributed by atoms with E-state index in [1.807, 2.05) is 0 Å². The van der Waals surface area contributed by atoms with Gasteiger partial charge in [0.15, 0.2) is 11.5 Å². The maximum Gasteiger partial charge on any atom is 0.274 e. The minimum atomic E-state index is -3.58. The number of hydrogen-bond donors (Lipinski definition) is 0. The summed E-state index contributed by atoms with van der Waals surface area (Å²) in [5.74, 6) is 0.742. The number of sulfonamides is 1. The summed E-state index contributed by atoms with van der Waals surface area (Å²) in [4.78, 5) is 14.6. The first-order chi connectivity index (χ1) is 13.3. The summed E-state index contributed by atoms with van der Waals surface area (Å²) in [5, 5.41) is 0. The van der Waals surface area contributed by atoms with Crippen LogP contribution >= 0.6 is 0 Å². The lowest BCUT2D eigenvalue weighted by Crippen LogP contribution is -2.28. The molecule has 3 rings (SSSR count). The monoisotopic (exact) mass is 407 g/mol. The number of anilines is 1. The van der Waals surface area contributed by atoms with Gasteiger partial charge in [-0.25, -0.2) is 8.42 Å². The minimum absolute atomic E-state index is 0.140. The Morgan fingerprint density at radius 2 is 1.71 bits per heavy atom. The maximum atomic E-state index is 13.0. The Kier molecular flexibility index (Phi) is 5.66. The van der Waals surface area contributed by atoms with E-state index in [4.69, 9.17) is 9.47 Å². The number of aromatic nitrogens is 1. The molecular weight excluding hydrogens is 382 g/mol. The van der Waals surface area contributed by atoms with Crippen LogP contribution in [0.15, 0.2) is 35.4 Å². The van der Waals surface area contributed by atoms with Crippen molar-refractivity contribution in [3.63, 3.8) is 0 Å². The predicted molar refractivity (Wildman–Crippen MR) is 106 cm³/mol. The van der Waals surface area contributed by atoms with E-state index in [0.29, 0.717) is 30.3 Å². The van der Waals surface area contributed by atoms with Gasteiger partial charge in [0, 0.05) is 45.1 Å². The van der Waals surface area contributed by atoms with Crippen molar-refractivity contribution in [3.8, 4) is 11.5 Å². The molecule has 0 aliphatic carbocycles. The first-order valence-electron chi connectivity index (χ1n) is 8.96. The first-order valence-corrected chi connectivity index (χ1v) is 10.4. The molecule has 1 aromatic carbocycles. The van der Waals surface area contributed by atoms with Gasteiger partial charge in [0.05, 0.1) is 14.2 Å². The molecule has 0 saturated carbocycles. The van der Waals surface area contributed by atoms with Crippen LogP contribution in [0.3, 0.4) is 0 Å². The van der Waals surface area contributed by atoms with Crippen molar-refractivity contribution < 1.29 is 22.7 Å². The van der Waals surface area contributed by atoms with Gasteiger partial charge in [-0.05, 0) is 31.0 Å². The maximum absolute atomic E-state index is 13.0. The van der Waals surface area contributed by atoms with Gasteiger partial charge in [-0.1, -0.05) is 0 Å². The summed E-state index contributed by atoms with van der Waals surface area (Å²) in [7, 11) is 2.78. The number of amides is 1. The third-order valence-corrected chi connectivity index (χ3v) is 6.82. The number of nitrogens with zero attached hydrogens (tertiary/aromatic N) is 3. The van der Waals surface area contributed by atoms with E-state index in [2.05, 4.69) is 0 Å². The lowest BCUT2D eigenvalue weighted by Gasteiger charge is -2.19. The van der Waals surface area contributed by atoms with Gasteiger partial charge in [-0.15, -0.1) is 0 Å². The summed E-state index contributed by atoms with van der Waals surface area (Å²) in [5.41, 5.74) is 0.892. The SMILES string of the molecule is COc1ccc(N(C)C(=O)c2cc(S(=O)(=O)N3CCCC3)cn2C)cc1OC. The van der Waals surface area contributed by atoms with Crippen molar-refractivity contribution >= 4 is 21.6 Å². The highest BCUT2D eigenvalue weighted by atomic mass is 32.2. The molecule has 1 fully saturated rings. The highest BCUT2D eigenvalue weighted by molar-refractivity contribution is 7.89. The van der Waals surface area contributed by atoms with Crippen molar-refractivity contribution in [2.24, 2.45) is 7.05 Å². The fourth-order valence-electron chi connectivity index (χ4n) is 3.29. The summed E-state index contributed by atoms with van der Waals surface area (Å²) < 4.78 is 39.1. The smallest absolute Gasteiger partial charge is 0.274 e. The summed E-state index contributed by atoms with van der Waals surface area (Å²) >= 11 is 0. The van der Waals surface area contributed by atoms with Crippen LogP contribution in [-0.4, -0.2) is 57.6 Å². The number of methoxy groups -OCH3 is 2. The van der Waals surface area contributed by atoms with Gasteiger partial charge in [0.2, 0.25) is 10.0 Å². The minimum Gasteiger partial charge on any atom is -0.493 e. The molecule has 0 radical (unpaired) electrons. The molecule has 0 N–H and O–H groups in total. The molecule has 1 aromatic heterocycles. The molecule has 152 valence electrons. The second kappa shape index (κ2) is 7.84. The lowest BCUT2D eigenvalue weighted by atomic mass is 10.2. The molecule has 1 aliphatic heterocycles. The van der Waals surface area contributed by atoms with Gasteiger partial charge >= 0.3 is 0 Å². The molecule has 28 heavy (non-hydrogen) atoms. The second-order valence-corrected chi connectivity index (χ2v) is 8.62. The van der Waals surface area contributed by atoms with Gasteiger partial charge in [-0.2, -0.15) is 4.31 Å². The molecule has 2 aromatic rings. The Hall–Kier alpha value is -2.52. The van der Waals surface area contributed by atoms with E-state index in [-0.39, 0.29) is 16.5 Å². The van der Waals surface area contributed by atoms with Crippen LogP contribution in [0.1, 0.15) is 23.3 Å². The van der Waals surface area contributed by atoms with E-state index in [1.165, 1.54) is 28.6 Å². The molecule has 0 atom stereocenters. The zero-order valence-corrected chi connectivity index (χ0v) is 17.3. The Labute approximate surface area is 165 Å². The molecular formula is C19H25N3O5S. The molecule has 0 unspecified atom stereocenters. The summed E-state index contributed by atoms with van der Waals surface area (Å²) in [6.45, 7) is 1.04. The van der Waals surface area contributed by atoms with Crippen LogP contribution in [0, 0.1) is 0 Å². The van der Waals surface area contributed by atoms with Crippen LogP contribution in [0.25, 0.3) is 0 Å². The Bertz CT molecular complexity index is 977. The van der Waals surface area contributed by atoms with E-state index < -0.39 is 10.0 Å². The topological polar surface area (TPSA) is 81.1 Å². The van der Waals surface area contributed by atoms with Crippen LogP contribution in [0.5, 0.6) is 11.5 Å². The number of hydrogen-bond acceptors (Lipinski definition) is 5. The number of rotatable bonds is 6. The Balaban J connectivity index is 1.89. The highest BCUT2D eigenvalue weighted by Gasteiger charge is 2.30. The predicted octanol–water partition coefficient (Wildman–Crippen LogP) is 2.10. The number of carbonyl (C=O) groups is 1. The fraction of sp³-hybridized carbons (Fsp3) is 0.421. The average Bonchev–Trinajstić information content (AvgIpc) is 3.36. The number of ether oxygens (including phenoxy) is 2. The molecule has 0 spiro atoms. The third-order valence-electron chi connectivity index (χ3n) is 4.96. The first kappa shape index (κ1) is 20.2. The van der Waals surface area contributed by atoms with Crippen molar-refractivity contribution in [1.82, 2.24) is 8.87 Å². The molecule has 1 aliphatic rings. The van der Waals surface area contributed by atoms with Gasteiger partial charge in [0.1, 0.15) is 10.6 Å². The second-order valence-electron chi connectivity index (χ2n) is 6.69. The standard InChI is InChI=1S/C19H25N3O5S/c1-20-13-15(28(24,25)22-9-5-6-10-22)12-16(20)19(23)21(2)14-7-8-17(26-3)18(11-14)27-4/h7-8,11-13H,5-6,9-10H2,1-4H3. The van der Waals surface area contributed by atoms with E-state index >= 15 is 0 Å². The van der Waals surface area contributed by atoms with Crippen LogP contribution in [0.2, 0.25) is 0 Å². The Morgan fingerprint density at radius 1 is 1.07 bits per heavy atom. The summed E-state index contributed by atoms with van der Waals surface area (Å²) in [6.07, 6.45) is 3.21. The van der Waals surface area contributed by atoms with Gasteiger partial charge in [-0.3, -0.25) is 4.79 Å². The molecule has 1 saturated heterocycles. The largest absolute Gasteiger partial charge is 0.493 e. The van der Waals surface area contributed by atoms with Crippen molar-refractivity contribution in [2.75, 3.05) is 39.3 Å². The molecule has 1 amide bonds.